The number of hydrogen-bond acceptors (Lipinski definition) is 4. The SMILES string of the molecule is CCN1CCC[C@H](CNC(=O)c2cccc(S(C)(=O)=O)c2)C1. The lowest BCUT2D eigenvalue weighted by atomic mass is 9.98. The Bertz CT molecular complexity index is 628. The minimum Gasteiger partial charge on any atom is -0.352 e. The van der Waals surface area contributed by atoms with Gasteiger partial charge < -0.3 is 10.2 Å². The van der Waals surface area contributed by atoms with E-state index in [4.69, 9.17) is 0 Å². The Morgan fingerprint density at radius 2 is 2.18 bits per heavy atom. The molecule has 0 radical (unpaired) electrons. The molecule has 0 aromatic heterocycles. The van der Waals surface area contributed by atoms with E-state index in [0.717, 1.165) is 38.7 Å². The molecule has 22 heavy (non-hydrogen) atoms. The summed E-state index contributed by atoms with van der Waals surface area (Å²) in [6, 6.07) is 6.18. The Balaban J connectivity index is 1.95. The highest BCUT2D eigenvalue weighted by Gasteiger charge is 2.19. The van der Waals surface area contributed by atoms with Crippen molar-refractivity contribution in [3.8, 4) is 0 Å². The van der Waals surface area contributed by atoms with E-state index in [-0.39, 0.29) is 10.8 Å². The van der Waals surface area contributed by atoms with Gasteiger partial charge in [0.2, 0.25) is 0 Å². The van der Waals surface area contributed by atoms with Crippen LogP contribution in [0, 0.1) is 5.92 Å². The summed E-state index contributed by atoms with van der Waals surface area (Å²) in [6.07, 6.45) is 3.43. The summed E-state index contributed by atoms with van der Waals surface area (Å²) in [5.41, 5.74) is 0.395. The number of rotatable bonds is 5. The zero-order chi connectivity index (χ0) is 16.2. The minimum atomic E-state index is -3.29. The molecule has 0 unspecified atom stereocenters. The van der Waals surface area contributed by atoms with Gasteiger partial charge in [0.25, 0.3) is 5.91 Å². The average Bonchev–Trinajstić information content (AvgIpc) is 2.52. The summed E-state index contributed by atoms with van der Waals surface area (Å²) in [4.78, 5) is 14.8. The molecule has 1 fully saturated rings. The van der Waals surface area contributed by atoms with E-state index >= 15 is 0 Å². The van der Waals surface area contributed by atoms with Crippen molar-refractivity contribution in [2.24, 2.45) is 5.92 Å². The van der Waals surface area contributed by atoms with Crippen LogP contribution in [0.2, 0.25) is 0 Å². The van der Waals surface area contributed by atoms with Gasteiger partial charge in [-0.1, -0.05) is 13.0 Å². The standard InChI is InChI=1S/C16H24N2O3S/c1-3-18-9-5-6-13(12-18)11-17-16(19)14-7-4-8-15(10-14)22(2,20)21/h4,7-8,10,13H,3,5-6,9,11-12H2,1-2H3,(H,17,19)/t13-/m1/s1. The third-order valence-corrected chi connectivity index (χ3v) is 5.24. The normalized spacial score (nSPS) is 19.8. The zero-order valence-electron chi connectivity index (χ0n) is 13.2. The fraction of sp³-hybridized carbons (Fsp3) is 0.562. The predicted octanol–water partition coefficient (Wildman–Crippen LogP) is 1.55. The second-order valence-electron chi connectivity index (χ2n) is 5.91. The summed E-state index contributed by atoms with van der Waals surface area (Å²) in [6.45, 7) is 5.98. The van der Waals surface area contributed by atoms with Gasteiger partial charge in [-0.05, 0) is 50.0 Å². The van der Waals surface area contributed by atoms with E-state index in [9.17, 15) is 13.2 Å². The number of carbonyl (C=O) groups is 1. The monoisotopic (exact) mass is 324 g/mol. The summed E-state index contributed by atoms with van der Waals surface area (Å²) in [7, 11) is -3.29. The number of likely N-dealkylation sites (tertiary alicyclic amines) is 1. The molecular formula is C16H24N2O3S. The van der Waals surface area contributed by atoms with Crippen LogP contribution in [0.5, 0.6) is 0 Å². The number of carbonyl (C=O) groups excluding carboxylic acids is 1. The number of amides is 1. The highest BCUT2D eigenvalue weighted by atomic mass is 32.2. The molecule has 0 bridgehead atoms. The summed E-state index contributed by atoms with van der Waals surface area (Å²) in [5.74, 6) is 0.259. The van der Waals surface area contributed by atoms with Gasteiger partial charge in [0.1, 0.15) is 0 Å². The quantitative estimate of drug-likeness (QED) is 0.892. The first-order valence-electron chi connectivity index (χ1n) is 7.71. The van der Waals surface area contributed by atoms with Gasteiger partial charge in [0.05, 0.1) is 4.90 Å². The van der Waals surface area contributed by atoms with E-state index in [1.54, 1.807) is 12.1 Å². The Morgan fingerprint density at radius 1 is 1.41 bits per heavy atom. The lowest BCUT2D eigenvalue weighted by molar-refractivity contribution is 0.0933. The summed E-state index contributed by atoms with van der Waals surface area (Å²) in [5, 5.41) is 2.93. The molecule has 1 amide bonds. The van der Waals surface area contributed by atoms with E-state index in [0.29, 0.717) is 18.0 Å². The third kappa shape index (κ3) is 4.55. The summed E-state index contributed by atoms with van der Waals surface area (Å²) >= 11 is 0. The van der Waals surface area contributed by atoms with E-state index in [2.05, 4.69) is 17.1 Å². The molecule has 6 heteroatoms. The number of sulfone groups is 1. The van der Waals surface area contributed by atoms with Crippen molar-refractivity contribution in [3.63, 3.8) is 0 Å². The fourth-order valence-corrected chi connectivity index (χ4v) is 3.48. The lowest BCUT2D eigenvalue weighted by Gasteiger charge is -2.31. The van der Waals surface area contributed by atoms with Crippen LogP contribution in [-0.2, 0) is 9.84 Å². The van der Waals surface area contributed by atoms with Gasteiger partial charge in [-0.15, -0.1) is 0 Å². The first-order valence-corrected chi connectivity index (χ1v) is 9.60. The van der Waals surface area contributed by atoms with Crippen molar-refractivity contribution in [3.05, 3.63) is 29.8 Å². The number of hydrogen-bond donors (Lipinski definition) is 1. The highest BCUT2D eigenvalue weighted by molar-refractivity contribution is 7.90. The molecule has 1 aliphatic rings. The Hall–Kier alpha value is -1.40. The Labute approximate surface area is 132 Å². The van der Waals surface area contributed by atoms with Crippen molar-refractivity contribution >= 4 is 15.7 Å². The summed E-state index contributed by atoms with van der Waals surface area (Å²) < 4.78 is 23.1. The zero-order valence-corrected chi connectivity index (χ0v) is 14.0. The van der Waals surface area contributed by atoms with Gasteiger partial charge >= 0.3 is 0 Å². The second-order valence-corrected chi connectivity index (χ2v) is 7.93. The maximum absolute atomic E-state index is 12.2. The molecule has 0 spiro atoms. The first-order chi connectivity index (χ1) is 10.4. The molecule has 1 N–H and O–H groups in total. The van der Waals surface area contributed by atoms with Crippen LogP contribution in [0.4, 0.5) is 0 Å². The molecule has 122 valence electrons. The number of benzene rings is 1. The van der Waals surface area contributed by atoms with Crippen LogP contribution < -0.4 is 5.32 Å². The van der Waals surface area contributed by atoms with Crippen LogP contribution in [0.15, 0.2) is 29.2 Å². The van der Waals surface area contributed by atoms with Gasteiger partial charge in [-0.2, -0.15) is 0 Å². The second kappa shape index (κ2) is 7.24. The smallest absolute Gasteiger partial charge is 0.251 e. The van der Waals surface area contributed by atoms with Crippen LogP contribution in [0.1, 0.15) is 30.1 Å². The molecule has 1 aromatic carbocycles. The first kappa shape index (κ1) is 17.0. The van der Waals surface area contributed by atoms with Crippen LogP contribution in [-0.4, -0.2) is 51.7 Å². The molecule has 1 heterocycles. The molecule has 1 atom stereocenters. The molecule has 1 aliphatic heterocycles. The molecular weight excluding hydrogens is 300 g/mol. The molecule has 0 saturated carbocycles. The van der Waals surface area contributed by atoms with Gasteiger partial charge in [0.15, 0.2) is 9.84 Å². The number of nitrogens with zero attached hydrogens (tertiary/aromatic N) is 1. The van der Waals surface area contributed by atoms with Crippen LogP contribution >= 0.6 is 0 Å². The van der Waals surface area contributed by atoms with Gasteiger partial charge in [-0.25, -0.2) is 8.42 Å². The largest absolute Gasteiger partial charge is 0.352 e. The number of piperidine rings is 1. The third-order valence-electron chi connectivity index (χ3n) is 4.13. The molecule has 0 aliphatic carbocycles. The van der Waals surface area contributed by atoms with Crippen molar-refractivity contribution in [2.45, 2.75) is 24.7 Å². The Morgan fingerprint density at radius 3 is 2.86 bits per heavy atom. The van der Waals surface area contributed by atoms with Gasteiger partial charge in [0, 0.05) is 24.9 Å². The maximum atomic E-state index is 12.2. The lowest BCUT2D eigenvalue weighted by Crippen LogP contribution is -2.40. The van der Waals surface area contributed by atoms with Gasteiger partial charge in [-0.3, -0.25) is 4.79 Å². The maximum Gasteiger partial charge on any atom is 0.251 e. The number of nitrogens with one attached hydrogen (secondary N) is 1. The van der Waals surface area contributed by atoms with Crippen molar-refractivity contribution in [1.82, 2.24) is 10.2 Å². The van der Waals surface area contributed by atoms with Crippen molar-refractivity contribution in [2.75, 3.05) is 32.4 Å². The van der Waals surface area contributed by atoms with Crippen LogP contribution in [0.3, 0.4) is 0 Å². The molecule has 5 nitrogen and oxygen atoms in total. The van der Waals surface area contributed by atoms with Crippen molar-refractivity contribution in [1.29, 1.82) is 0 Å². The van der Waals surface area contributed by atoms with E-state index < -0.39 is 9.84 Å². The molecule has 1 aromatic rings. The highest BCUT2D eigenvalue weighted by Crippen LogP contribution is 2.16. The molecule has 1 saturated heterocycles. The van der Waals surface area contributed by atoms with Crippen LogP contribution in [0.25, 0.3) is 0 Å². The molecule has 2 rings (SSSR count). The minimum absolute atomic E-state index is 0.176. The fourth-order valence-electron chi connectivity index (χ4n) is 2.81. The predicted molar refractivity (Wildman–Crippen MR) is 86.7 cm³/mol. The van der Waals surface area contributed by atoms with E-state index in [1.165, 1.54) is 12.1 Å². The average molecular weight is 324 g/mol. The van der Waals surface area contributed by atoms with Crippen molar-refractivity contribution < 1.29 is 13.2 Å². The van der Waals surface area contributed by atoms with E-state index in [1.807, 2.05) is 0 Å². The topological polar surface area (TPSA) is 66.5 Å². The Kier molecular flexibility index (Phi) is 5.58.